The largest absolute Gasteiger partial charge is 0.337 e. The Morgan fingerprint density at radius 1 is 0.897 bits per heavy atom. The van der Waals surface area contributed by atoms with E-state index in [1.807, 2.05) is 43.3 Å². The number of carbonyl (C=O) groups is 1. The second-order valence-electron chi connectivity index (χ2n) is 6.92. The van der Waals surface area contributed by atoms with E-state index >= 15 is 0 Å². The van der Waals surface area contributed by atoms with Gasteiger partial charge >= 0.3 is 0 Å². The predicted molar refractivity (Wildman–Crippen MR) is 112 cm³/mol. The molecule has 1 aliphatic rings. The Morgan fingerprint density at radius 3 is 2.17 bits per heavy atom. The Hall–Kier alpha value is -3.55. The lowest BCUT2D eigenvalue weighted by atomic mass is 10.2. The van der Waals surface area contributed by atoms with Gasteiger partial charge < -0.3 is 14.7 Å². The molecule has 1 aliphatic heterocycles. The Balaban J connectivity index is 1.50. The van der Waals surface area contributed by atoms with Crippen LogP contribution in [0, 0.1) is 6.92 Å². The first-order valence-corrected chi connectivity index (χ1v) is 9.57. The highest BCUT2D eigenvalue weighted by atomic mass is 16.2. The fourth-order valence-electron chi connectivity index (χ4n) is 3.31. The monoisotopic (exact) mass is 389 g/mol. The summed E-state index contributed by atoms with van der Waals surface area (Å²) < 4.78 is 0. The molecule has 1 amide bonds. The number of nitrogens with zero attached hydrogens (tertiary/aromatic N) is 7. The van der Waals surface area contributed by atoms with Crippen molar-refractivity contribution in [3.05, 3.63) is 66.2 Å². The third-order valence-corrected chi connectivity index (χ3v) is 4.91. The Morgan fingerprint density at radius 2 is 1.52 bits per heavy atom. The summed E-state index contributed by atoms with van der Waals surface area (Å²) in [4.78, 5) is 36.6. The Bertz CT molecular complexity index is 973. The average Bonchev–Trinajstić information content (AvgIpc) is 2.79. The van der Waals surface area contributed by atoms with Crippen molar-refractivity contribution in [2.45, 2.75) is 6.92 Å². The van der Waals surface area contributed by atoms with Crippen molar-refractivity contribution in [2.24, 2.45) is 0 Å². The first-order valence-electron chi connectivity index (χ1n) is 9.57. The standard InChI is InChI=1S/C21H23N7O/c1-16-15-18(19(29)26(2)17-7-4-3-5-8-17)25-21(24-16)28-13-11-27(12-14-28)20-22-9-6-10-23-20/h3-10,15H,11-14H2,1-2H3. The van der Waals surface area contributed by atoms with E-state index in [0.29, 0.717) is 11.6 Å². The molecule has 0 bridgehead atoms. The number of carbonyl (C=O) groups excluding carboxylic acids is 1. The lowest BCUT2D eigenvalue weighted by molar-refractivity contribution is 0.0988. The van der Waals surface area contributed by atoms with Crippen molar-refractivity contribution in [1.29, 1.82) is 0 Å². The molecule has 148 valence electrons. The number of rotatable bonds is 4. The van der Waals surface area contributed by atoms with Crippen LogP contribution in [0.25, 0.3) is 0 Å². The zero-order chi connectivity index (χ0) is 20.2. The molecular formula is C21H23N7O. The van der Waals surface area contributed by atoms with Crippen LogP contribution in [0.15, 0.2) is 54.9 Å². The van der Waals surface area contributed by atoms with Crippen LogP contribution in [0.3, 0.4) is 0 Å². The summed E-state index contributed by atoms with van der Waals surface area (Å²) in [6.45, 7) is 4.91. The topological polar surface area (TPSA) is 78.4 Å². The quantitative estimate of drug-likeness (QED) is 0.677. The van der Waals surface area contributed by atoms with Crippen LogP contribution in [0.5, 0.6) is 0 Å². The molecular weight excluding hydrogens is 366 g/mol. The molecule has 1 saturated heterocycles. The number of anilines is 3. The molecule has 1 aromatic carbocycles. The molecule has 3 heterocycles. The molecule has 8 heteroatoms. The van der Waals surface area contributed by atoms with E-state index in [0.717, 1.165) is 43.5 Å². The number of aromatic nitrogens is 4. The van der Waals surface area contributed by atoms with Crippen molar-refractivity contribution >= 4 is 23.5 Å². The maximum Gasteiger partial charge on any atom is 0.276 e. The second kappa shape index (κ2) is 8.22. The number of amides is 1. The van der Waals surface area contributed by atoms with Gasteiger partial charge in [0.05, 0.1) is 0 Å². The number of para-hydroxylation sites is 1. The zero-order valence-electron chi connectivity index (χ0n) is 16.6. The first-order chi connectivity index (χ1) is 14.1. The molecule has 3 aromatic rings. The molecule has 29 heavy (non-hydrogen) atoms. The van der Waals surface area contributed by atoms with Gasteiger partial charge in [-0.2, -0.15) is 0 Å². The van der Waals surface area contributed by atoms with Gasteiger partial charge in [-0.3, -0.25) is 4.79 Å². The van der Waals surface area contributed by atoms with E-state index < -0.39 is 0 Å². The van der Waals surface area contributed by atoms with Crippen LogP contribution in [0.2, 0.25) is 0 Å². The molecule has 0 N–H and O–H groups in total. The van der Waals surface area contributed by atoms with Gasteiger partial charge in [0.25, 0.3) is 5.91 Å². The minimum absolute atomic E-state index is 0.153. The van der Waals surface area contributed by atoms with E-state index in [4.69, 9.17) is 0 Å². The molecule has 2 aromatic heterocycles. The summed E-state index contributed by atoms with van der Waals surface area (Å²) in [6.07, 6.45) is 3.50. The van der Waals surface area contributed by atoms with Gasteiger partial charge in [-0.05, 0) is 31.2 Å². The van der Waals surface area contributed by atoms with E-state index in [9.17, 15) is 4.79 Å². The summed E-state index contributed by atoms with van der Waals surface area (Å²) in [5.74, 6) is 1.17. The number of aryl methyl sites for hydroxylation is 1. The summed E-state index contributed by atoms with van der Waals surface area (Å²) >= 11 is 0. The highest BCUT2D eigenvalue weighted by Gasteiger charge is 2.23. The molecule has 0 radical (unpaired) electrons. The van der Waals surface area contributed by atoms with Gasteiger partial charge in [-0.25, -0.2) is 19.9 Å². The fourth-order valence-corrected chi connectivity index (χ4v) is 3.31. The third kappa shape index (κ3) is 4.16. The van der Waals surface area contributed by atoms with Crippen molar-refractivity contribution < 1.29 is 4.79 Å². The van der Waals surface area contributed by atoms with Crippen LogP contribution in [-0.4, -0.2) is 59.1 Å². The zero-order valence-corrected chi connectivity index (χ0v) is 16.6. The van der Waals surface area contributed by atoms with Gasteiger partial charge in [-0.1, -0.05) is 18.2 Å². The van der Waals surface area contributed by atoms with Crippen LogP contribution < -0.4 is 14.7 Å². The molecule has 0 spiro atoms. The maximum atomic E-state index is 13.0. The third-order valence-electron chi connectivity index (χ3n) is 4.91. The number of hydrogen-bond acceptors (Lipinski definition) is 7. The minimum Gasteiger partial charge on any atom is -0.337 e. The lowest BCUT2D eigenvalue weighted by Gasteiger charge is -2.34. The number of piperazine rings is 1. The fraction of sp³-hybridized carbons (Fsp3) is 0.286. The van der Waals surface area contributed by atoms with Gasteiger partial charge in [0.15, 0.2) is 0 Å². The molecule has 0 saturated carbocycles. The van der Waals surface area contributed by atoms with Crippen molar-refractivity contribution in [2.75, 3.05) is 47.9 Å². The lowest BCUT2D eigenvalue weighted by Crippen LogP contribution is -2.47. The average molecular weight is 389 g/mol. The van der Waals surface area contributed by atoms with E-state index in [1.54, 1.807) is 30.4 Å². The second-order valence-corrected chi connectivity index (χ2v) is 6.92. The van der Waals surface area contributed by atoms with Gasteiger partial charge in [0, 0.05) is 57.0 Å². The van der Waals surface area contributed by atoms with E-state index in [2.05, 4.69) is 29.7 Å². The summed E-state index contributed by atoms with van der Waals surface area (Å²) in [7, 11) is 1.76. The van der Waals surface area contributed by atoms with Crippen molar-refractivity contribution in [3.63, 3.8) is 0 Å². The van der Waals surface area contributed by atoms with Crippen LogP contribution in [-0.2, 0) is 0 Å². The minimum atomic E-state index is -0.153. The van der Waals surface area contributed by atoms with Crippen molar-refractivity contribution in [1.82, 2.24) is 19.9 Å². The van der Waals surface area contributed by atoms with Crippen LogP contribution in [0.4, 0.5) is 17.6 Å². The van der Waals surface area contributed by atoms with E-state index in [1.165, 1.54) is 0 Å². The SMILES string of the molecule is Cc1cc(C(=O)N(C)c2ccccc2)nc(N2CCN(c3ncccn3)CC2)n1. The number of hydrogen-bond donors (Lipinski definition) is 0. The maximum absolute atomic E-state index is 13.0. The molecule has 4 rings (SSSR count). The Kier molecular flexibility index (Phi) is 5.33. The predicted octanol–water partition coefficient (Wildman–Crippen LogP) is 2.18. The van der Waals surface area contributed by atoms with Gasteiger partial charge in [0.1, 0.15) is 5.69 Å². The molecule has 0 atom stereocenters. The van der Waals surface area contributed by atoms with Crippen LogP contribution >= 0.6 is 0 Å². The molecule has 1 fully saturated rings. The highest BCUT2D eigenvalue weighted by Crippen LogP contribution is 2.18. The van der Waals surface area contributed by atoms with Crippen molar-refractivity contribution in [3.8, 4) is 0 Å². The molecule has 0 unspecified atom stereocenters. The highest BCUT2D eigenvalue weighted by molar-refractivity contribution is 6.04. The smallest absolute Gasteiger partial charge is 0.276 e. The van der Waals surface area contributed by atoms with Gasteiger partial charge in [-0.15, -0.1) is 0 Å². The summed E-state index contributed by atoms with van der Waals surface area (Å²) in [5.41, 5.74) is 1.99. The van der Waals surface area contributed by atoms with E-state index in [-0.39, 0.29) is 5.91 Å². The van der Waals surface area contributed by atoms with Gasteiger partial charge in [0.2, 0.25) is 11.9 Å². The normalized spacial score (nSPS) is 14.0. The Labute approximate surface area is 169 Å². The molecule has 8 nitrogen and oxygen atoms in total. The molecule has 0 aliphatic carbocycles. The number of benzene rings is 1. The summed E-state index contributed by atoms with van der Waals surface area (Å²) in [6, 6.07) is 13.1. The first kappa shape index (κ1) is 18.8. The summed E-state index contributed by atoms with van der Waals surface area (Å²) in [5, 5.41) is 0. The van der Waals surface area contributed by atoms with Crippen LogP contribution in [0.1, 0.15) is 16.2 Å².